The first-order chi connectivity index (χ1) is 15.6. The molecule has 0 unspecified atom stereocenters. The number of rotatable bonds is 7. The van der Waals surface area contributed by atoms with Crippen LogP contribution in [0, 0.1) is 0 Å². The van der Waals surface area contributed by atoms with Gasteiger partial charge in [-0.3, -0.25) is 14.3 Å². The molecule has 0 radical (unpaired) electrons. The Hall–Kier alpha value is -3.20. The molecule has 7 nitrogen and oxygen atoms in total. The Morgan fingerprint density at radius 2 is 1.75 bits per heavy atom. The lowest BCUT2D eigenvalue weighted by molar-refractivity contribution is -0.118. The summed E-state index contributed by atoms with van der Waals surface area (Å²) < 4.78 is 1.87. The minimum absolute atomic E-state index is 0.108. The molecule has 0 saturated heterocycles. The van der Waals surface area contributed by atoms with Gasteiger partial charge in [-0.25, -0.2) is 5.43 Å². The predicted molar refractivity (Wildman–Crippen MR) is 128 cm³/mol. The molecule has 160 valence electrons. The molecule has 0 aliphatic heterocycles. The summed E-state index contributed by atoms with van der Waals surface area (Å²) in [6, 6.07) is 18.3. The van der Waals surface area contributed by atoms with Crippen LogP contribution in [0.2, 0.25) is 10.0 Å². The van der Waals surface area contributed by atoms with E-state index in [2.05, 4.69) is 25.7 Å². The lowest BCUT2D eigenvalue weighted by Crippen LogP contribution is -2.20. The van der Waals surface area contributed by atoms with Gasteiger partial charge in [0.05, 0.1) is 12.0 Å². The first kappa shape index (κ1) is 22.0. The molecule has 0 fully saturated rings. The van der Waals surface area contributed by atoms with E-state index in [0.29, 0.717) is 21.0 Å². The molecule has 0 aliphatic rings. The lowest BCUT2D eigenvalue weighted by Gasteiger charge is -2.10. The summed E-state index contributed by atoms with van der Waals surface area (Å²) in [5, 5.41) is 14.4. The molecular formula is C22H16Cl2N6OS. The molecule has 1 amide bonds. The molecule has 2 aromatic heterocycles. The predicted octanol–water partition coefficient (Wildman–Crippen LogP) is 4.88. The van der Waals surface area contributed by atoms with Gasteiger partial charge in [-0.05, 0) is 54.6 Å². The van der Waals surface area contributed by atoms with Gasteiger partial charge in [0.2, 0.25) is 0 Å². The zero-order chi connectivity index (χ0) is 22.3. The number of nitrogens with one attached hydrogen (secondary N) is 1. The van der Waals surface area contributed by atoms with E-state index >= 15 is 0 Å². The maximum atomic E-state index is 12.3. The first-order valence-electron chi connectivity index (χ1n) is 9.42. The molecule has 0 atom stereocenters. The molecule has 2 heterocycles. The third-order valence-electron chi connectivity index (χ3n) is 4.24. The third-order valence-corrected chi connectivity index (χ3v) is 5.67. The smallest absolute Gasteiger partial charge is 0.250 e. The van der Waals surface area contributed by atoms with Crippen LogP contribution in [0.25, 0.3) is 17.1 Å². The number of amides is 1. The zero-order valence-electron chi connectivity index (χ0n) is 16.5. The Labute approximate surface area is 198 Å². The second-order valence-electron chi connectivity index (χ2n) is 6.49. The number of nitrogens with zero attached hydrogens (tertiary/aromatic N) is 5. The summed E-state index contributed by atoms with van der Waals surface area (Å²) in [6.07, 6.45) is 4.85. The van der Waals surface area contributed by atoms with Gasteiger partial charge in [0.1, 0.15) is 0 Å². The van der Waals surface area contributed by atoms with E-state index in [9.17, 15) is 4.79 Å². The van der Waals surface area contributed by atoms with Crippen molar-refractivity contribution in [1.82, 2.24) is 25.2 Å². The molecule has 0 bridgehead atoms. The molecule has 4 aromatic rings. The van der Waals surface area contributed by atoms with Gasteiger partial charge >= 0.3 is 0 Å². The van der Waals surface area contributed by atoms with Gasteiger partial charge in [-0.2, -0.15) is 5.10 Å². The first-order valence-corrected chi connectivity index (χ1v) is 11.2. The molecular weight excluding hydrogens is 467 g/mol. The van der Waals surface area contributed by atoms with Crippen LogP contribution in [0.5, 0.6) is 0 Å². The third kappa shape index (κ3) is 5.53. The molecule has 1 N–H and O–H groups in total. The number of hydrazone groups is 1. The highest BCUT2D eigenvalue weighted by Crippen LogP contribution is 2.29. The SMILES string of the molecule is O=C(CSc1nnc(-c2ccc(Cl)cc2)n1-c1ccc(Cl)cc1)NN=Cc1cccnc1. The minimum atomic E-state index is -0.270. The highest BCUT2D eigenvalue weighted by molar-refractivity contribution is 7.99. The van der Waals surface area contributed by atoms with Crippen LogP contribution < -0.4 is 5.43 Å². The molecule has 32 heavy (non-hydrogen) atoms. The summed E-state index contributed by atoms with van der Waals surface area (Å²) >= 11 is 13.3. The van der Waals surface area contributed by atoms with Crippen molar-refractivity contribution in [3.63, 3.8) is 0 Å². The van der Waals surface area contributed by atoms with Crippen LogP contribution >= 0.6 is 35.0 Å². The van der Waals surface area contributed by atoms with Crippen molar-refractivity contribution in [3.8, 4) is 17.1 Å². The van der Waals surface area contributed by atoms with E-state index in [1.165, 1.54) is 18.0 Å². The van der Waals surface area contributed by atoms with E-state index < -0.39 is 0 Å². The number of carbonyl (C=O) groups is 1. The van der Waals surface area contributed by atoms with Crippen LogP contribution in [0.1, 0.15) is 5.56 Å². The van der Waals surface area contributed by atoms with Gasteiger partial charge in [-0.1, -0.05) is 41.0 Å². The average Bonchev–Trinajstić information content (AvgIpc) is 3.23. The van der Waals surface area contributed by atoms with Crippen LogP contribution in [-0.2, 0) is 4.79 Å². The molecule has 0 aliphatic carbocycles. The highest BCUT2D eigenvalue weighted by atomic mass is 35.5. The van der Waals surface area contributed by atoms with Crippen LogP contribution in [0.3, 0.4) is 0 Å². The Morgan fingerprint density at radius 1 is 1.03 bits per heavy atom. The minimum Gasteiger partial charge on any atom is -0.272 e. The largest absolute Gasteiger partial charge is 0.272 e. The van der Waals surface area contributed by atoms with Gasteiger partial charge in [-0.15, -0.1) is 10.2 Å². The summed E-state index contributed by atoms with van der Waals surface area (Å²) in [4.78, 5) is 16.3. The summed E-state index contributed by atoms with van der Waals surface area (Å²) in [6.45, 7) is 0. The second kappa shape index (κ2) is 10.4. The topological polar surface area (TPSA) is 85.1 Å². The van der Waals surface area contributed by atoms with Crippen molar-refractivity contribution in [2.24, 2.45) is 5.10 Å². The number of pyridine rings is 1. The lowest BCUT2D eigenvalue weighted by atomic mass is 10.2. The van der Waals surface area contributed by atoms with Gasteiger partial charge in [0.25, 0.3) is 5.91 Å². The van der Waals surface area contributed by atoms with E-state index in [4.69, 9.17) is 23.2 Å². The van der Waals surface area contributed by atoms with E-state index in [0.717, 1.165) is 16.8 Å². The van der Waals surface area contributed by atoms with E-state index in [1.807, 2.05) is 34.9 Å². The number of thioether (sulfide) groups is 1. The van der Waals surface area contributed by atoms with Crippen molar-refractivity contribution >= 4 is 47.1 Å². The van der Waals surface area contributed by atoms with Gasteiger partial charge in [0, 0.05) is 39.3 Å². The van der Waals surface area contributed by atoms with Crippen molar-refractivity contribution < 1.29 is 4.79 Å². The number of hydrogen-bond acceptors (Lipinski definition) is 6. The monoisotopic (exact) mass is 482 g/mol. The number of aromatic nitrogens is 4. The van der Waals surface area contributed by atoms with E-state index in [1.54, 1.807) is 42.7 Å². The Balaban J connectivity index is 1.53. The standard InChI is InChI=1S/C22H16Cl2N6OS/c23-17-5-3-16(4-6-17)21-28-29-22(30(21)19-9-7-18(24)8-10-19)32-14-20(31)27-26-13-15-2-1-11-25-12-15/h1-13H,14H2,(H,27,31). The summed E-state index contributed by atoms with van der Waals surface area (Å²) in [5.41, 5.74) is 4.96. The van der Waals surface area contributed by atoms with Crippen molar-refractivity contribution in [3.05, 3.63) is 88.7 Å². The van der Waals surface area contributed by atoms with Crippen molar-refractivity contribution in [2.45, 2.75) is 5.16 Å². The fraction of sp³-hybridized carbons (Fsp3) is 0.0455. The number of benzene rings is 2. The normalized spacial score (nSPS) is 11.1. The average molecular weight is 483 g/mol. The van der Waals surface area contributed by atoms with Crippen molar-refractivity contribution in [2.75, 3.05) is 5.75 Å². The molecule has 0 spiro atoms. The fourth-order valence-electron chi connectivity index (χ4n) is 2.77. The van der Waals surface area contributed by atoms with Crippen molar-refractivity contribution in [1.29, 1.82) is 0 Å². The fourth-order valence-corrected chi connectivity index (χ4v) is 3.76. The summed E-state index contributed by atoms with van der Waals surface area (Å²) in [5.74, 6) is 0.465. The molecule has 10 heteroatoms. The maximum Gasteiger partial charge on any atom is 0.250 e. The van der Waals surface area contributed by atoms with E-state index in [-0.39, 0.29) is 11.7 Å². The Morgan fingerprint density at radius 3 is 2.44 bits per heavy atom. The number of hydrogen-bond donors (Lipinski definition) is 1. The Bertz CT molecular complexity index is 1230. The van der Waals surface area contributed by atoms with Crippen LogP contribution in [0.4, 0.5) is 0 Å². The highest BCUT2D eigenvalue weighted by Gasteiger charge is 2.17. The molecule has 2 aromatic carbocycles. The Kier molecular flexibility index (Phi) is 7.16. The molecule has 0 saturated carbocycles. The number of carbonyl (C=O) groups excluding carboxylic acids is 1. The quantitative estimate of drug-likeness (QED) is 0.230. The second-order valence-corrected chi connectivity index (χ2v) is 8.31. The zero-order valence-corrected chi connectivity index (χ0v) is 18.8. The van der Waals surface area contributed by atoms with Crippen LogP contribution in [-0.4, -0.2) is 37.6 Å². The summed E-state index contributed by atoms with van der Waals surface area (Å²) in [7, 11) is 0. The molecule has 4 rings (SSSR count). The number of halogens is 2. The van der Waals surface area contributed by atoms with Crippen LogP contribution in [0.15, 0.2) is 83.3 Å². The maximum absolute atomic E-state index is 12.3. The van der Waals surface area contributed by atoms with Gasteiger partial charge < -0.3 is 0 Å². The van der Waals surface area contributed by atoms with Gasteiger partial charge in [0.15, 0.2) is 11.0 Å².